The van der Waals surface area contributed by atoms with Crippen LogP contribution in [-0.2, 0) is 0 Å². The minimum atomic E-state index is -1.62. The van der Waals surface area contributed by atoms with Gasteiger partial charge in [0.15, 0.2) is 0 Å². The van der Waals surface area contributed by atoms with Gasteiger partial charge in [-0.3, -0.25) is 0 Å². The van der Waals surface area contributed by atoms with Crippen LogP contribution in [0.25, 0.3) is 21.5 Å². The third kappa shape index (κ3) is 2.27. The first kappa shape index (κ1) is 17.8. The minimum absolute atomic E-state index is 0.461. The molecule has 4 rings (SSSR count). The highest BCUT2D eigenvalue weighted by atomic mass is 35.5. The average Bonchev–Trinajstić information content (AvgIpc) is 2.64. The van der Waals surface area contributed by atoms with Gasteiger partial charge >= 0.3 is 23.2 Å². The molecule has 0 aliphatic carbocycles. The maximum Gasteiger partial charge on any atom is 0.348 e. The quantitative estimate of drug-likeness (QED) is 0.643. The van der Waals surface area contributed by atoms with Crippen LogP contribution in [0.1, 0.15) is 20.7 Å². The molecular formula is C14H2Cl4O7. The van der Waals surface area contributed by atoms with Crippen LogP contribution in [-0.4, -0.2) is 22.2 Å². The molecule has 0 unspecified atom stereocenters. The molecule has 0 aliphatic rings. The SMILES string of the molecule is O=C(O)c1c(Cl)c(Cl)c(C(=O)O)c2c3c(Cl)c(Cl)c(c(=O)oc3=O)c12. The maximum absolute atomic E-state index is 12.2. The van der Waals surface area contributed by atoms with Crippen molar-refractivity contribution in [2.24, 2.45) is 0 Å². The monoisotopic (exact) mass is 422 g/mol. The molecule has 0 saturated carbocycles. The van der Waals surface area contributed by atoms with Crippen LogP contribution in [0, 0.1) is 0 Å². The number of halogens is 4. The lowest BCUT2D eigenvalue weighted by Crippen LogP contribution is -2.09. The van der Waals surface area contributed by atoms with Gasteiger partial charge in [0.25, 0.3) is 0 Å². The Hall–Kier alpha value is -2.06. The number of carboxylic acids is 2. The van der Waals surface area contributed by atoms with E-state index < -0.39 is 76.0 Å². The molecule has 4 aromatic rings. The topological polar surface area (TPSA) is 122 Å². The number of carboxylic acid groups (broad SMARTS) is 2. The van der Waals surface area contributed by atoms with E-state index in [1.807, 2.05) is 0 Å². The lowest BCUT2D eigenvalue weighted by molar-refractivity contribution is 0.0684. The van der Waals surface area contributed by atoms with Crippen molar-refractivity contribution < 1.29 is 24.2 Å². The van der Waals surface area contributed by atoms with Crippen molar-refractivity contribution in [1.82, 2.24) is 0 Å². The zero-order valence-electron chi connectivity index (χ0n) is 11.4. The van der Waals surface area contributed by atoms with E-state index in [-0.39, 0.29) is 0 Å². The Balaban J connectivity index is 3.01. The summed E-state index contributed by atoms with van der Waals surface area (Å²) in [5, 5.41) is 14.6. The number of hydrogen-bond acceptors (Lipinski definition) is 5. The summed E-state index contributed by atoms with van der Waals surface area (Å²) in [7, 11) is 0. The summed E-state index contributed by atoms with van der Waals surface area (Å²) in [4.78, 5) is 47.6. The van der Waals surface area contributed by atoms with Crippen molar-refractivity contribution in [3.05, 3.63) is 52.1 Å². The Labute approximate surface area is 156 Å². The van der Waals surface area contributed by atoms with Crippen LogP contribution in [0.4, 0.5) is 0 Å². The predicted octanol–water partition coefficient (Wildman–Crippen LogP) is 3.75. The third-order valence-corrected chi connectivity index (χ3v) is 5.24. The zero-order chi connectivity index (χ0) is 18.8. The van der Waals surface area contributed by atoms with Crippen molar-refractivity contribution >= 4 is 79.9 Å². The smallest absolute Gasteiger partial charge is 0.348 e. The predicted molar refractivity (Wildman–Crippen MR) is 91.4 cm³/mol. The maximum atomic E-state index is 12.2. The molecule has 25 heavy (non-hydrogen) atoms. The summed E-state index contributed by atoms with van der Waals surface area (Å²) >= 11 is 23.8. The normalized spacial score (nSPS) is 11.4. The van der Waals surface area contributed by atoms with E-state index >= 15 is 0 Å². The lowest BCUT2D eigenvalue weighted by atomic mass is 9.94. The molecular weight excluding hydrogens is 422 g/mol. The molecule has 2 heterocycles. The molecule has 0 amide bonds. The van der Waals surface area contributed by atoms with Gasteiger partial charge in [-0.25, -0.2) is 19.2 Å². The van der Waals surface area contributed by atoms with Gasteiger partial charge in [-0.2, -0.15) is 0 Å². The molecule has 0 atom stereocenters. The largest absolute Gasteiger partial charge is 0.478 e. The summed E-state index contributed by atoms with van der Waals surface area (Å²) < 4.78 is 4.54. The highest BCUT2D eigenvalue weighted by Gasteiger charge is 2.32. The number of benzene rings is 2. The van der Waals surface area contributed by atoms with Gasteiger partial charge in [0, 0.05) is 10.8 Å². The van der Waals surface area contributed by atoms with Gasteiger partial charge in [-0.15, -0.1) is 0 Å². The Kier molecular flexibility index (Phi) is 4.08. The van der Waals surface area contributed by atoms with Crippen LogP contribution in [0.5, 0.6) is 0 Å². The van der Waals surface area contributed by atoms with Gasteiger partial charge in [0.05, 0.1) is 42.0 Å². The number of fused-ring (bicyclic) bond motifs is 3. The molecule has 2 aromatic heterocycles. The molecule has 0 saturated heterocycles. The van der Waals surface area contributed by atoms with E-state index in [9.17, 15) is 29.4 Å². The van der Waals surface area contributed by atoms with Crippen molar-refractivity contribution in [2.75, 3.05) is 0 Å². The van der Waals surface area contributed by atoms with E-state index in [0.29, 0.717) is 0 Å². The van der Waals surface area contributed by atoms with E-state index in [0.717, 1.165) is 0 Å². The Morgan fingerprint density at radius 2 is 0.960 bits per heavy atom. The molecule has 2 aromatic carbocycles. The summed E-state index contributed by atoms with van der Waals surface area (Å²) in [5.74, 6) is -3.25. The highest BCUT2D eigenvalue weighted by molar-refractivity contribution is 6.53. The fourth-order valence-corrected chi connectivity index (χ4v) is 3.67. The van der Waals surface area contributed by atoms with Gasteiger partial charge in [-0.05, 0) is 0 Å². The molecule has 11 heteroatoms. The molecule has 0 radical (unpaired) electrons. The van der Waals surface area contributed by atoms with Gasteiger partial charge in [-0.1, -0.05) is 46.4 Å². The summed E-state index contributed by atoms with van der Waals surface area (Å²) in [6.45, 7) is 0. The van der Waals surface area contributed by atoms with E-state index in [1.165, 1.54) is 0 Å². The van der Waals surface area contributed by atoms with Crippen LogP contribution in [0.3, 0.4) is 0 Å². The van der Waals surface area contributed by atoms with Crippen molar-refractivity contribution in [3.8, 4) is 0 Å². The van der Waals surface area contributed by atoms with Gasteiger partial charge < -0.3 is 14.6 Å². The van der Waals surface area contributed by atoms with E-state index in [2.05, 4.69) is 4.42 Å². The lowest BCUT2D eigenvalue weighted by Gasteiger charge is -2.13. The molecule has 128 valence electrons. The van der Waals surface area contributed by atoms with Crippen molar-refractivity contribution in [1.29, 1.82) is 0 Å². The number of rotatable bonds is 2. The van der Waals surface area contributed by atoms with Crippen molar-refractivity contribution in [2.45, 2.75) is 0 Å². The third-order valence-electron chi connectivity index (χ3n) is 3.53. The summed E-state index contributed by atoms with van der Waals surface area (Å²) in [5.41, 5.74) is -3.99. The first-order valence-electron chi connectivity index (χ1n) is 6.18. The number of carbonyl (C=O) groups is 2. The number of aromatic carboxylic acids is 2. The van der Waals surface area contributed by atoms with Crippen LogP contribution < -0.4 is 11.3 Å². The summed E-state index contributed by atoms with van der Waals surface area (Å²) in [6, 6.07) is 0. The van der Waals surface area contributed by atoms with Gasteiger partial charge in [0.2, 0.25) is 0 Å². The van der Waals surface area contributed by atoms with Gasteiger partial charge in [0.1, 0.15) is 0 Å². The van der Waals surface area contributed by atoms with E-state index in [4.69, 9.17) is 46.4 Å². The Bertz CT molecular complexity index is 1140. The van der Waals surface area contributed by atoms with Crippen LogP contribution in [0.2, 0.25) is 20.1 Å². The second kappa shape index (κ2) is 5.74. The molecule has 0 aliphatic heterocycles. The molecule has 0 spiro atoms. The van der Waals surface area contributed by atoms with Crippen molar-refractivity contribution in [3.63, 3.8) is 0 Å². The molecule has 2 bridgehead atoms. The standard InChI is InChI=1S/C14H2Cl4O7/c15-7-3(11(19)20)1-2(4(8(7)16)12(21)22)6-10(18)9(17)5(1)13(23)25-14(6)24/h(H,19,20)(H,21,22). The fourth-order valence-electron chi connectivity index (χ4n) is 2.60. The second-order valence-electron chi connectivity index (χ2n) is 4.79. The first-order chi connectivity index (χ1) is 11.6. The summed E-state index contributed by atoms with van der Waals surface area (Å²) in [6.07, 6.45) is 0. The molecule has 2 N–H and O–H groups in total. The minimum Gasteiger partial charge on any atom is -0.478 e. The number of hydrogen-bond donors (Lipinski definition) is 2. The fraction of sp³-hybridized carbons (Fsp3) is 0. The molecule has 7 nitrogen and oxygen atoms in total. The second-order valence-corrected chi connectivity index (χ2v) is 6.31. The Morgan fingerprint density at radius 1 is 0.640 bits per heavy atom. The first-order valence-corrected chi connectivity index (χ1v) is 7.69. The Morgan fingerprint density at radius 3 is 1.24 bits per heavy atom. The average molecular weight is 424 g/mol. The zero-order valence-corrected chi connectivity index (χ0v) is 14.5. The molecule has 0 fully saturated rings. The van der Waals surface area contributed by atoms with Crippen LogP contribution >= 0.6 is 46.4 Å². The highest BCUT2D eigenvalue weighted by Crippen LogP contribution is 2.45. The van der Waals surface area contributed by atoms with Crippen LogP contribution in [0.15, 0.2) is 14.0 Å². The van der Waals surface area contributed by atoms with E-state index in [1.54, 1.807) is 0 Å².